The second kappa shape index (κ2) is 12.0. The van der Waals surface area contributed by atoms with Crippen LogP contribution in [0.5, 0.6) is 0 Å². The summed E-state index contributed by atoms with van der Waals surface area (Å²) in [5, 5.41) is 2.52. The normalized spacial score (nSPS) is 13.0. The van der Waals surface area contributed by atoms with Crippen molar-refractivity contribution < 1.29 is 0 Å². The highest BCUT2D eigenvalue weighted by atomic mass is 15.1. The number of hydrogen-bond acceptors (Lipinski definition) is 1. The van der Waals surface area contributed by atoms with Gasteiger partial charge in [0.25, 0.3) is 0 Å². The van der Waals surface area contributed by atoms with Crippen molar-refractivity contribution in [3.8, 4) is 5.69 Å². The van der Waals surface area contributed by atoms with Crippen LogP contribution in [0, 0.1) is 0 Å². The molecule has 0 aliphatic rings. The third kappa shape index (κ3) is 6.82. The van der Waals surface area contributed by atoms with Crippen molar-refractivity contribution in [1.29, 1.82) is 0 Å². The first-order valence-electron chi connectivity index (χ1n) is 17.7. The largest absolute Gasteiger partial charge is 0.310 e. The molecule has 0 atom stereocenters. The Morgan fingerprint density at radius 1 is 0.408 bits per heavy atom. The molecule has 0 saturated heterocycles. The van der Waals surface area contributed by atoms with Crippen molar-refractivity contribution in [2.24, 2.45) is 0 Å². The molecule has 5 aromatic carbocycles. The van der Waals surface area contributed by atoms with E-state index in [0.29, 0.717) is 0 Å². The molecular weight excluding hydrogens is 591 g/mol. The molecule has 49 heavy (non-hydrogen) atoms. The molecule has 0 bridgehead atoms. The van der Waals surface area contributed by atoms with E-state index in [1.807, 2.05) is 0 Å². The molecule has 1 aromatic heterocycles. The van der Waals surface area contributed by atoms with Crippen LogP contribution in [0.25, 0.3) is 27.5 Å². The van der Waals surface area contributed by atoms with Crippen molar-refractivity contribution in [2.45, 2.75) is 105 Å². The minimum Gasteiger partial charge on any atom is -0.310 e. The molecule has 0 amide bonds. The average molecular weight is 645 g/mol. The van der Waals surface area contributed by atoms with E-state index in [-0.39, 0.29) is 21.7 Å². The van der Waals surface area contributed by atoms with Crippen LogP contribution >= 0.6 is 0 Å². The summed E-state index contributed by atoms with van der Waals surface area (Å²) in [6.45, 7) is 27.2. The van der Waals surface area contributed by atoms with Gasteiger partial charge >= 0.3 is 0 Å². The van der Waals surface area contributed by atoms with Gasteiger partial charge in [-0.15, -0.1) is 0 Å². The van der Waals surface area contributed by atoms with E-state index in [1.165, 1.54) is 44.1 Å². The molecule has 3 heteroatoms. The molecule has 2 radical (unpaired) electrons. The number of fused-ring (bicyclic) bond motifs is 3. The van der Waals surface area contributed by atoms with Gasteiger partial charge in [-0.25, -0.2) is 0 Å². The number of nitrogens with zero attached hydrogens (tertiary/aromatic N) is 2. The fraction of sp³-hybridized carbons (Fsp3) is 0.348. The standard InChI is InChI=1S/C46H53BN2/c1-43(2,3)30-13-18-35(19-14-30)48(38-26-33(46(10,11)12)25-34(47)28-38)37-22-23-39-40-27-32(45(7,8)9)17-24-41(40)49(42(39)29-37)36-20-15-31(16-21-36)44(4,5)6/h13-29H,1-12H3. The molecule has 0 aliphatic heterocycles. The summed E-state index contributed by atoms with van der Waals surface area (Å²) in [7, 11) is 6.63. The van der Waals surface area contributed by atoms with Crippen LogP contribution in [-0.2, 0) is 21.7 Å². The Hall–Kier alpha value is -4.24. The van der Waals surface area contributed by atoms with Crippen LogP contribution in [0.2, 0.25) is 0 Å². The maximum atomic E-state index is 6.63. The smallest absolute Gasteiger partial charge is 0.113 e. The van der Waals surface area contributed by atoms with Crippen molar-refractivity contribution in [3.05, 3.63) is 125 Å². The van der Waals surface area contributed by atoms with Gasteiger partial charge in [-0.3, -0.25) is 0 Å². The third-order valence-corrected chi connectivity index (χ3v) is 9.92. The molecule has 6 rings (SSSR count). The minimum atomic E-state index is -0.0494. The Bertz CT molecular complexity index is 2140. The quantitative estimate of drug-likeness (QED) is 0.173. The first-order valence-corrected chi connectivity index (χ1v) is 17.7. The van der Waals surface area contributed by atoms with Crippen LogP contribution in [0.3, 0.4) is 0 Å². The molecule has 0 N–H and O–H groups in total. The Kier molecular flexibility index (Phi) is 8.46. The summed E-state index contributed by atoms with van der Waals surface area (Å²) in [6.07, 6.45) is 0. The zero-order valence-corrected chi connectivity index (χ0v) is 31.8. The van der Waals surface area contributed by atoms with Gasteiger partial charge in [0.05, 0.1) is 11.0 Å². The van der Waals surface area contributed by atoms with Gasteiger partial charge in [0.1, 0.15) is 7.85 Å². The Labute approximate surface area is 296 Å². The summed E-state index contributed by atoms with van der Waals surface area (Å²) in [5.41, 5.74) is 12.9. The number of benzene rings is 5. The molecule has 0 unspecified atom stereocenters. The summed E-state index contributed by atoms with van der Waals surface area (Å²) in [6, 6.07) is 38.6. The maximum Gasteiger partial charge on any atom is 0.113 e. The molecule has 0 spiro atoms. The minimum absolute atomic E-state index is 0.0466. The number of aromatic nitrogens is 1. The van der Waals surface area contributed by atoms with Gasteiger partial charge in [0.15, 0.2) is 0 Å². The van der Waals surface area contributed by atoms with E-state index in [9.17, 15) is 0 Å². The van der Waals surface area contributed by atoms with Crippen molar-refractivity contribution in [2.75, 3.05) is 4.90 Å². The van der Waals surface area contributed by atoms with E-state index in [4.69, 9.17) is 7.85 Å². The summed E-state index contributed by atoms with van der Waals surface area (Å²) < 4.78 is 2.44. The van der Waals surface area contributed by atoms with E-state index in [1.54, 1.807) is 0 Å². The van der Waals surface area contributed by atoms with Gasteiger partial charge in [0.2, 0.25) is 0 Å². The van der Waals surface area contributed by atoms with Crippen LogP contribution in [0.4, 0.5) is 17.1 Å². The highest BCUT2D eigenvalue weighted by Crippen LogP contribution is 2.42. The van der Waals surface area contributed by atoms with Crippen molar-refractivity contribution >= 4 is 52.2 Å². The monoisotopic (exact) mass is 644 g/mol. The SMILES string of the molecule is [B]c1cc(N(c2ccc(C(C)(C)C)cc2)c2ccc3c4cc(C(C)(C)C)ccc4n(-c4ccc(C(C)(C)C)cc4)c3c2)cc(C(C)(C)C)c1. The predicted octanol–water partition coefficient (Wildman–Crippen LogP) is 12.2. The molecular formula is C46H53BN2. The third-order valence-electron chi connectivity index (χ3n) is 9.92. The van der Waals surface area contributed by atoms with Crippen LogP contribution in [0.1, 0.15) is 105 Å². The second-order valence-electron chi connectivity index (χ2n) is 18.0. The Balaban J connectivity index is 1.64. The molecule has 250 valence electrons. The van der Waals surface area contributed by atoms with E-state index >= 15 is 0 Å². The lowest BCUT2D eigenvalue weighted by Crippen LogP contribution is -2.19. The van der Waals surface area contributed by atoms with Crippen molar-refractivity contribution in [1.82, 2.24) is 4.57 Å². The van der Waals surface area contributed by atoms with Gasteiger partial charge in [-0.2, -0.15) is 0 Å². The maximum absolute atomic E-state index is 6.63. The first-order chi connectivity index (χ1) is 22.7. The number of rotatable bonds is 4. The number of anilines is 3. The van der Waals surface area contributed by atoms with E-state index < -0.39 is 0 Å². The topological polar surface area (TPSA) is 8.17 Å². The van der Waals surface area contributed by atoms with Crippen molar-refractivity contribution in [3.63, 3.8) is 0 Å². The molecule has 2 nitrogen and oxygen atoms in total. The molecule has 1 heterocycles. The summed E-state index contributed by atoms with van der Waals surface area (Å²) in [5.74, 6) is 0. The molecule has 6 aromatic rings. The van der Waals surface area contributed by atoms with Crippen LogP contribution in [-0.4, -0.2) is 12.4 Å². The molecule has 0 saturated carbocycles. The fourth-order valence-electron chi connectivity index (χ4n) is 6.76. The lowest BCUT2D eigenvalue weighted by Gasteiger charge is -2.29. The second-order valence-corrected chi connectivity index (χ2v) is 18.0. The highest BCUT2D eigenvalue weighted by Gasteiger charge is 2.23. The fourth-order valence-corrected chi connectivity index (χ4v) is 6.76. The zero-order valence-electron chi connectivity index (χ0n) is 31.8. The van der Waals surface area contributed by atoms with Crippen LogP contribution in [0.15, 0.2) is 103 Å². The van der Waals surface area contributed by atoms with Gasteiger partial charge in [-0.05, 0) is 105 Å². The predicted molar refractivity (Wildman–Crippen MR) is 216 cm³/mol. The average Bonchev–Trinajstić information content (AvgIpc) is 3.32. The first kappa shape index (κ1) is 34.6. The molecule has 0 aliphatic carbocycles. The van der Waals surface area contributed by atoms with Gasteiger partial charge < -0.3 is 9.47 Å². The van der Waals surface area contributed by atoms with Gasteiger partial charge in [-0.1, -0.05) is 131 Å². The van der Waals surface area contributed by atoms with E-state index in [0.717, 1.165) is 28.2 Å². The summed E-state index contributed by atoms with van der Waals surface area (Å²) in [4.78, 5) is 2.36. The number of hydrogen-bond donors (Lipinski definition) is 0. The lowest BCUT2D eigenvalue weighted by atomic mass is 9.82. The Morgan fingerprint density at radius 2 is 0.918 bits per heavy atom. The lowest BCUT2D eigenvalue weighted by molar-refractivity contribution is 0.590. The van der Waals surface area contributed by atoms with Crippen LogP contribution < -0.4 is 10.4 Å². The van der Waals surface area contributed by atoms with E-state index in [2.05, 4.69) is 196 Å². The van der Waals surface area contributed by atoms with Gasteiger partial charge in [0, 0.05) is 33.5 Å². The highest BCUT2D eigenvalue weighted by molar-refractivity contribution is 6.32. The molecule has 0 fully saturated rings. The zero-order chi connectivity index (χ0) is 35.7. The summed E-state index contributed by atoms with van der Waals surface area (Å²) >= 11 is 0. The Morgan fingerprint density at radius 3 is 1.47 bits per heavy atom.